The highest BCUT2D eigenvalue weighted by molar-refractivity contribution is 7.80. The molecule has 136 valence electrons. The lowest BCUT2D eigenvalue weighted by Gasteiger charge is -2.44. The van der Waals surface area contributed by atoms with Crippen LogP contribution in [0, 0.1) is 5.92 Å². The third-order valence-corrected chi connectivity index (χ3v) is 5.63. The molecular weight excluding hydrogens is 407 g/mol. The highest BCUT2D eigenvalue weighted by atomic mass is 35.6. The number of thiocarbonyl (C=S) groups is 1. The van der Waals surface area contributed by atoms with Crippen LogP contribution in [0.15, 0.2) is 23.0 Å². The van der Waals surface area contributed by atoms with Crippen molar-refractivity contribution in [1.29, 1.82) is 0 Å². The lowest BCUT2D eigenvalue weighted by Crippen LogP contribution is -2.58. The number of pyridine rings is 1. The van der Waals surface area contributed by atoms with Gasteiger partial charge in [-0.3, -0.25) is 9.59 Å². The predicted octanol–water partition coefficient (Wildman–Crippen LogP) is 1.58. The van der Waals surface area contributed by atoms with Crippen LogP contribution >= 0.6 is 47.0 Å². The number of carbonyl (C=O) groups excluding carboxylic acids is 1. The first-order chi connectivity index (χ1) is 11.8. The second-order valence-electron chi connectivity index (χ2n) is 6.31. The van der Waals surface area contributed by atoms with Gasteiger partial charge in [0.2, 0.25) is 10.2 Å². The number of rotatable bonds is 3. The van der Waals surface area contributed by atoms with E-state index in [0.717, 1.165) is 12.1 Å². The monoisotopic (exact) mass is 422 g/mol. The number of carbonyl (C=O) groups is 1. The summed E-state index contributed by atoms with van der Waals surface area (Å²) in [7, 11) is 0. The number of fused-ring (bicyclic) bond motifs is 4. The van der Waals surface area contributed by atoms with Crippen molar-refractivity contribution in [2.24, 2.45) is 5.92 Å². The molecule has 10 heteroatoms. The Morgan fingerprint density at radius 2 is 2.08 bits per heavy atom. The van der Waals surface area contributed by atoms with Crippen molar-refractivity contribution in [3.8, 4) is 0 Å². The van der Waals surface area contributed by atoms with Gasteiger partial charge in [-0.1, -0.05) is 40.9 Å². The number of likely N-dealkylation sites (tertiary alicyclic amines) is 1. The van der Waals surface area contributed by atoms with Crippen LogP contribution in [0.3, 0.4) is 0 Å². The van der Waals surface area contributed by atoms with Gasteiger partial charge < -0.3 is 20.1 Å². The van der Waals surface area contributed by atoms with Crippen molar-refractivity contribution in [3.05, 3.63) is 34.2 Å². The van der Waals surface area contributed by atoms with Gasteiger partial charge in [0.25, 0.3) is 5.56 Å². The Hall–Kier alpha value is -1.02. The number of nitrogens with zero attached hydrogens (tertiary/aromatic N) is 2. The molecule has 3 atom stereocenters. The summed E-state index contributed by atoms with van der Waals surface area (Å²) in [6.07, 6.45) is 0.540. The largest absolute Gasteiger partial charge is 0.348 e. The van der Waals surface area contributed by atoms with Gasteiger partial charge in [0, 0.05) is 37.3 Å². The fraction of sp³-hybridized carbons (Fsp3) is 0.533. The molecule has 0 aromatic carbocycles. The Bertz CT molecular complexity index is 736. The first-order valence-corrected chi connectivity index (χ1v) is 9.35. The fourth-order valence-corrected chi connectivity index (χ4v) is 4.18. The highest BCUT2D eigenvalue weighted by Gasteiger charge is 2.38. The van der Waals surface area contributed by atoms with E-state index in [1.807, 2.05) is 15.5 Å². The van der Waals surface area contributed by atoms with Gasteiger partial charge in [-0.2, -0.15) is 0 Å². The van der Waals surface area contributed by atoms with E-state index < -0.39 is 9.96 Å². The van der Waals surface area contributed by atoms with Crippen LogP contribution in [-0.4, -0.2) is 44.0 Å². The smallest absolute Gasteiger partial charge is 0.250 e. The van der Waals surface area contributed by atoms with E-state index in [9.17, 15) is 9.59 Å². The van der Waals surface area contributed by atoms with Crippen LogP contribution in [0.1, 0.15) is 18.0 Å². The summed E-state index contributed by atoms with van der Waals surface area (Å²) < 4.78 is 0.112. The maximum Gasteiger partial charge on any atom is 0.250 e. The fourth-order valence-electron chi connectivity index (χ4n) is 3.56. The number of alkyl halides is 3. The van der Waals surface area contributed by atoms with Gasteiger partial charge in [0.05, 0.1) is 0 Å². The summed E-state index contributed by atoms with van der Waals surface area (Å²) in [4.78, 5) is 24.8. The topological polar surface area (TPSA) is 66.4 Å². The van der Waals surface area contributed by atoms with Crippen LogP contribution in [0.25, 0.3) is 0 Å². The van der Waals surface area contributed by atoms with Gasteiger partial charge in [-0.15, -0.1) is 0 Å². The lowest BCUT2D eigenvalue weighted by atomic mass is 9.83. The lowest BCUT2D eigenvalue weighted by molar-refractivity contribution is -0.110. The van der Waals surface area contributed by atoms with Gasteiger partial charge in [-0.05, 0) is 30.6 Å². The molecule has 2 aliphatic rings. The number of nitrogens with one attached hydrogen (secondary N) is 2. The molecule has 6 nitrogen and oxygen atoms in total. The van der Waals surface area contributed by atoms with Crippen LogP contribution in [0.2, 0.25) is 0 Å². The molecule has 1 aromatic heterocycles. The van der Waals surface area contributed by atoms with Gasteiger partial charge in [0.1, 0.15) is 6.17 Å². The minimum absolute atomic E-state index is 0.0350. The third kappa shape index (κ3) is 4.05. The molecule has 0 spiro atoms. The minimum atomic E-state index is -1.74. The molecule has 3 heterocycles. The molecule has 1 amide bonds. The molecule has 2 bridgehead atoms. The number of halogens is 3. The quantitative estimate of drug-likeness (QED) is 0.334. The van der Waals surface area contributed by atoms with Crippen molar-refractivity contribution in [2.45, 2.75) is 28.8 Å². The van der Waals surface area contributed by atoms with E-state index in [-0.39, 0.29) is 11.5 Å². The zero-order valence-corrected chi connectivity index (χ0v) is 16.2. The van der Waals surface area contributed by atoms with Crippen LogP contribution in [0.5, 0.6) is 0 Å². The molecule has 3 rings (SSSR count). The molecule has 0 aliphatic carbocycles. The van der Waals surface area contributed by atoms with Crippen LogP contribution < -0.4 is 16.2 Å². The summed E-state index contributed by atoms with van der Waals surface area (Å²) in [5.74, 6) is 0.530. The molecule has 1 fully saturated rings. The third-order valence-electron chi connectivity index (χ3n) is 4.60. The van der Waals surface area contributed by atoms with Crippen LogP contribution in [-0.2, 0) is 11.3 Å². The van der Waals surface area contributed by atoms with Gasteiger partial charge >= 0.3 is 0 Å². The van der Waals surface area contributed by atoms with Gasteiger partial charge in [0.15, 0.2) is 5.11 Å². The second kappa shape index (κ2) is 7.31. The Morgan fingerprint density at radius 1 is 1.32 bits per heavy atom. The minimum Gasteiger partial charge on any atom is -0.348 e. The van der Waals surface area contributed by atoms with Crippen molar-refractivity contribution in [1.82, 2.24) is 20.1 Å². The average Bonchev–Trinajstić information content (AvgIpc) is 2.54. The van der Waals surface area contributed by atoms with E-state index in [4.69, 9.17) is 47.0 Å². The Labute approximate surface area is 165 Å². The number of piperidine rings is 1. The van der Waals surface area contributed by atoms with E-state index in [1.165, 1.54) is 0 Å². The van der Waals surface area contributed by atoms with Gasteiger partial charge in [-0.25, -0.2) is 0 Å². The summed E-state index contributed by atoms with van der Waals surface area (Å²) in [5.41, 5.74) is 1.06. The zero-order valence-electron chi connectivity index (χ0n) is 13.1. The summed E-state index contributed by atoms with van der Waals surface area (Å²) in [5, 5.41) is 5.73. The van der Waals surface area contributed by atoms with E-state index in [2.05, 4.69) is 10.6 Å². The average molecular weight is 424 g/mol. The molecule has 0 unspecified atom stereocenters. The van der Waals surface area contributed by atoms with Crippen molar-refractivity contribution >= 4 is 58.5 Å². The Morgan fingerprint density at radius 3 is 2.76 bits per heavy atom. The molecule has 2 N–H and O–H groups in total. The molecular formula is C15H17Cl3N4O2S. The predicted molar refractivity (Wildman–Crippen MR) is 102 cm³/mol. The Balaban J connectivity index is 1.75. The maximum absolute atomic E-state index is 12.1. The maximum atomic E-state index is 12.1. The molecule has 0 saturated carbocycles. The van der Waals surface area contributed by atoms with Crippen molar-refractivity contribution < 1.29 is 4.79 Å². The standard InChI is InChI=1S/C15H17Cl3N4O2S/c16-15(17,18)13(19-8-23)20-14(25)21-5-9-4-10(7-21)11-2-1-3-12(24)22(11)6-9/h1-3,8-10,13H,4-7H2,(H,19,23)(H,20,25)/t9-,10-,13+/m1/s1. The molecule has 1 aromatic rings. The zero-order chi connectivity index (χ0) is 18.2. The number of hydrogen-bond donors (Lipinski definition) is 2. The van der Waals surface area contributed by atoms with E-state index in [1.54, 1.807) is 12.1 Å². The first-order valence-electron chi connectivity index (χ1n) is 7.81. The molecule has 25 heavy (non-hydrogen) atoms. The summed E-state index contributed by atoms with van der Waals surface area (Å²) in [6.45, 7) is 2.04. The SMILES string of the molecule is O=CN[C@@H](NC(=S)N1C[C@H]2C[C@H](C1)c1cccc(=O)n1C2)C(Cl)(Cl)Cl. The first kappa shape index (κ1) is 18.8. The summed E-state index contributed by atoms with van der Waals surface area (Å²) in [6, 6.07) is 5.36. The Kier molecular flexibility index (Phi) is 5.48. The number of aromatic nitrogens is 1. The molecule has 1 saturated heterocycles. The van der Waals surface area contributed by atoms with E-state index in [0.29, 0.717) is 37.1 Å². The van der Waals surface area contributed by atoms with Crippen molar-refractivity contribution in [2.75, 3.05) is 13.1 Å². The summed E-state index contributed by atoms with van der Waals surface area (Å²) >= 11 is 23.1. The van der Waals surface area contributed by atoms with Crippen LogP contribution in [0.4, 0.5) is 0 Å². The van der Waals surface area contributed by atoms with Crippen molar-refractivity contribution in [3.63, 3.8) is 0 Å². The van der Waals surface area contributed by atoms with E-state index >= 15 is 0 Å². The molecule has 2 aliphatic heterocycles. The highest BCUT2D eigenvalue weighted by Crippen LogP contribution is 2.35. The number of hydrogen-bond acceptors (Lipinski definition) is 3. The number of amides is 1. The second-order valence-corrected chi connectivity index (χ2v) is 9.07. The normalized spacial score (nSPS) is 23.4. The molecule has 0 radical (unpaired) electrons.